The molecule has 10 heteroatoms. The Hall–Kier alpha value is -3.24. The Morgan fingerprint density at radius 2 is 1.97 bits per heavy atom. The molecular formula is C23H19FN2O5S2. The molecule has 0 atom stereocenters. The summed E-state index contributed by atoms with van der Waals surface area (Å²) in [7, 11) is 0. The van der Waals surface area contributed by atoms with E-state index in [2.05, 4.69) is 5.32 Å². The number of rotatable bonds is 7. The standard InChI is InChI=1S/C23H19FN2O5S2/c1-2-31-23(28)20-16-4-3-5-18(16)33-22(20)25-21(27)13-6-11-19(17(12-13)26(29)30)32-15-9-7-14(24)8-10-15/h6-12H,2-5H2,1H3,(H,25,27). The van der Waals surface area contributed by atoms with Gasteiger partial charge in [0.2, 0.25) is 0 Å². The fraction of sp³-hybridized carbons (Fsp3) is 0.217. The lowest BCUT2D eigenvalue weighted by Gasteiger charge is -2.09. The van der Waals surface area contributed by atoms with Crippen LogP contribution in [0, 0.1) is 15.9 Å². The second-order valence-electron chi connectivity index (χ2n) is 7.23. The van der Waals surface area contributed by atoms with Gasteiger partial charge in [0.15, 0.2) is 0 Å². The maximum absolute atomic E-state index is 13.1. The first-order valence-electron chi connectivity index (χ1n) is 10.2. The van der Waals surface area contributed by atoms with Gasteiger partial charge in [-0.3, -0.25) is 14.9 Å². The Bertz CT molecular complexity index is 1240. The molecule has 1 aliphatic rings. The summed E-state index contributed by atoms with van der Waals surface area (Å²) in [5, 5.41) is 14.8. The molecule has 7 nitrogen and oxygen atoms in total. The molecule has 0 fully saturated rings. The third-order valence-corrected chi connectivity index (χ3v) is 7.37. The number of nitro groups is 1. The number of benzene rings is 2. The fourth-order valence-electron chi connectivity index (χ4n) is 3.60. The van der Waals surface area contributed by atoms with Gasteiger partial charge in [-0.2, -0.15) is 0 Å². The Morgan fingerprint density at radius 3 is 2.67 bits per heavy atom. The molecule has 0 saturated carbocycles. The monoisotopic (exact) mass is 486 g/mol. The van der Waals surface area contributed by atoms with Crippen LogP contribution >= 0.6 is 23.1 Å². The third kappa shape index (κ3) is 4.91. The minimum atomic E-state index is -0.563. The van der Waals surface area contributed by atoms with Gasteiger partial charge in [-0.1, -0.05) is 11.8 Å². The molecular weight excluding hydrogens is 467 g/mol. The first kappa shape index (κ1) is 22.9. The molecule has 1 heterocycles. The number of nitrogens with one attached hydrogen (secondary N) is 1. The number of halogens is 1. The van der Waals surface area contributed by atoms with Crippen LogP contribution in [0.2, 0.25) is 0 Å². The van der Waals surface area contributed by atoms with Crippen LogP contribution in [-0.4, -0.2) is 23.4 Å². The highest BCUT2D eigenvalue weighted by Crippen LogP contribution is 2.40. The predicted molar refractivity (Wildman–Crippen MR) is 124 cm³/mol. The van der Waals surface area contributed by atoms with E-state index in [1.807, 2.05) is 0 Å². The maximum Gasteiger partial charge on any atom is 0.341 e. The molecule has 1 N–H and O–H groups in total. The van der Waals surface area contributed by atoms with Gasteiger partial charge < -0.3 is 10.1 Å². The normalized spacial score (nSPS) is 12.3. The lowest BCUT2D eigenvalue weighted by molar-refractivity contribution is -0.387. The number of nitrogens with zero attached hydrogens (tertiary/aromatic N) is 1. The molecule has 2 aromatic carbocycles. The summed E-state index contributed by atoms with van der Waals surface area (Å²) in [5.41, 5.74) is 1.14. The van der Waals surface area contributed by atoms with E-state index in [4.69, 9.17) is 4.74 Å². The van der Waals surface area contributed by atoms with Gasteiger partial charge in [0, 0.05) is 21.4 Å². The minimum absolute atomic E-state index is 0.0912. The quantitative estimate of drug-likeness (QED) is 0.255. The van der Waals surface area contributed by atoms with Crippen LogP contribution < -0.4 is 5.32 Å². The second kappa shape index (κ2) is 9.72. The van der Waals surface area contributed by atoms with Gasteiger partial charge in [0.05, 0.1) is 22.0 Å². The van der Waals surface area contributed by atoms with Crippen LogP contribution in [0.5, 0.6) is 0 Å². The van der Waals surface area contributed by atoms with Crippen molar-refractivity contribution in [3.05, 3.63) is 80.0 Å². The Morgan fingerprint density at radius 1 is 1.21 bits per heavy atom. The van der Waals surface area contributed by atoms with Crippen LogP contribution in [0.15, 0.2) is 52.3 Å². The van der Waals surface area contributed by atoms with Crippen LogP contribution in [0.1, 0.15) is 44.5 Å². The highest BCUT2D eigenvalue weighted by molar-refractivity contribution is 7.99. The largest absolute Gasteiger partial charge is 0.462 e. The Labute approximate surface area is 197 Å². The van der Waals surface area contributed by atoms with Crippen molar-refractivity contribution >= 4 is 45.7 Å². The van der Waals surface area contributed by atoms with Crippen molar-refractivity contribution in [2.24, 2.45) is 0 Å². The Balaban J connectivity index is 1.60. The molecule has 170 valence electrons. The number of amides is 1. The summed E-state index contributed by atoms with van der Waals surface area (Å²) in [6, 6.07) is 9.77. The second-order valence-corrected chi connectivity index (χ2v) is 9.45. The molecule has 0 aliphatic heterocycles. The molecule has 3 aromatic rings. The number of anilines is 1. The van der Waals surface area contributed by atoms with Crippen molar-refractivity contribution < 1.29 is 23.6 Å². The fourth-order valence-corrected chi connectivity index (χ4v) is 5.78. The minimum Gasteiger partial charge on any atom is -0.462 e. The molecule has 0 spiro atoms. The van der Waals surface area contributed by atoms with Crippen LogP contribution in [-0.2, 0) is 17.6 Å². The number of hydrogen-bond donors (Lipinski definition) is 1. The average Bonchev–Trinajstić information content (AvgIpc) is 3.36. The molecule has 1 aromatic heterocycles. The predicted octanol–water partition coefficient (Wildman–Crippen LogP) is 5.86. The van der Waals surface area contributed by atoms with Gasteiger partial charge in [-0.25, -0.2) is 9.18 Å². The zero-order valence-electron chi connectivity index (χ0n) is 17.6. The molecule has 0 unspecified atom stereocenters. The smallest absolute Gasteiger partial charge is 0.341 e. The summed E-state index contributed by atoms with van der Waals surface area (Å²) in [4.78, 5) is 38.5. The van der Waals surface area contributed by atoms with E-state index >= 15 is 0 Å². The number of carbonyl (C=O) groups is 2. The molecule has 0 bridgehead atoms. The first-order chi connectivity index (χ1) is 15.9. The average molecular weight is 487 g/mol. The van der Waals surface area contributed by atoms with Gasteiger partial charge in [0.1, 0.15) is 10.8 Å². The van der Waals surface area contributed by atoms with Crippen molar-refractivity contribution in [3.8, 4) is 0 Å². The van der Waals surface area contributed by atoms with Crippen molar-refractivity contribution in [2.75, 3.05) is 11.9 Å². The molecule has 1 aliphatic carbocycles. The van der Waals surface area contributed by atoms with E-state index < -0.39 is 22.6 Å². The summed E-state index contributed by atoms with van der Waals surface area (Å²) in [6.07, 6.45) is 2.53. The van der Waals surface area contributed by atoms with Crippen molar-refractivity contribution in [1.29, 1.82) is 0 Å². The molecule has 4 rings (SSSR count). The summed E-state index contributed by atoms with van der Waals surface area (Å²) >= 11 is 2.45. The summed E-state index contributed by atoms with van der Waals surface area (Å²) < 4.78 is 18.3. The van der Waals surface area contributed by atoms with E-state index in [0.29, 0.717) is 20.4 Å². The van der Waals surface area contributed by atoms with E-state index in [-0.39, 0.29) is 17.9 Å². The number of fused-ring (bicyclic) bond motifs is 1. The number of hydrogen-bond acceptors (Lipinski definition) is 7. The zero-order valence-corrected chi connectivity index (χ0v) is 19.2. The molecule has 0 radical (unpaired) electrons. The molecule has 1 amide bonds. The van der Waals surface area contributed by atoms with Crippen LogP contribution in [0.25, 0.3) is 0 Å². The number of ether oxygens (including phenoxy) is 1. The van der Waals surface area contributed by atoms with Gasteiger partial charge >= 0.3 is 5.97 Å². The third-order valence-electron chi connectivity index (χ3n) is 5.09. The van der Waals surface area contributed by atoms with Crippen LogP contribution in [0.3, 0.4) is 0 Å². The topological polar surface area (TPSA) is 98.5 Å². The van der Waals surface area contributed by atoms with E-state index in [0.717, 1.165) is 41.5 Å². The maximum atomic E-state index is 13.1. The number of thiophene rings is 1. The first-order valence-corrected chi connectivity index (χ1v) is 11.9. The van der Waals surface area contributed by atoms with E-state index in [1.165, 1.54) is 53.8 Å². The van der Waals surface area contributed by atoms with Gasteiger partial charge in [0.25, 0.3) is 11.6 Å². The molecule has 0 saturated heterocycles. The van der Waals surface area contributed by atoms with Crippen molar-refractivity contribution in [2.45, 2.75) is 36.0 Å². The lowest BCUT2D eigenvalue weighted by atomic mass is 10.1. The summed E-state index contributed by atoms with van der Waals surface area (Å²) in [5.74, 6) is -1.44. The lowest BCUT2D eigenvalue weighted by Crippen LogP contribution is -2.15. The number of nitro benzene ring substituents is 1. The van der Waals surface area contributed by atoms with E-state index in [1.54, 1.807) is 6.92 Å². The highest BCUT2D eigenvalue weighted by Gasteiger charge is 2.29. The summed E-state index contributed by atoms with van der Waals surface area (Å²) in [6.45, 7) is 1.93. The SMILES string of the molecule is CCOC(=O)c1c(NC(=O)c2ccc(Sc3ccc(F)cc3)c([N+](=O)[O-])c2)sc2c1CCC2. The number of esters is 1. The Kier molecular flexibility index (Phi) is 6.75. The molecule has 33 heavy (non-hydrogen) atoms. The number of aryl methyl sites for hydroxylation is 1. The van der Waals surface area contributed by atoms with Gasteiger partial charge in [-0.05, 0) is 68.1 Å². The highest BCUT2D eigenvalue weighted by atomic mass is 32.2. The van der Waals surface area contributed by atoms with Gasteiger partial charge in [-0.15, -0.1) is 11.3 Å². The van der Waals surface area contributed by atoms with Crippen LogP contribution in [0.4, 0.5) is 15.1 Å². The zero-order chi connectivity index (χ0) is 23.5. The number of carbonyl (C=O) groups excluding carboxylic acids is 2. The van der Waals surface area contributed by atoms with Crippen molar-refractivity contribution in [3.63, 3.8) is 0 Å². The van der Waals surface area contributed by atoms with E-state index in [9.17, 15) is 24.1 Å². The van der Waals surface area contributed by atoms with Crippen molar-refractivity contribution in [1.82, 2.24) is 0 Å².